The first kappa shape index (κ1) is 18.6. The molecule has 0 spiro atoms. The van der Waals surface area contributed by atoms with Gasteiger partial charge in [0.15, 0.2) is 0 Å². The zero-order chi connectivity index (χ0) is 18.5. The number of para-hydroxylation sites is 1. The maximum atomic E-state index is 12.5. The van der Waals surface area contributed by atoms with Gasteiger partial charge in [0, 0.05) is 31.5 Å². The second kappa shape index (κ2) is 8.47. The minimum absolute atomic E-state index is 0.0981. The van der Waals surface area contributed by atoms with Gasteiger partial charge in [0.2, 0.25) is 5.91 Å². The Morgan fingerprint density at radius 3 is 2.65 bits per heavy atom. The number of rotatable bonds is 6. The molecule has 26 heavy (non-hydrogen) atoms. The molecule has 1 atom stereocenters. The number of hydrogen-bond acceptors (Lipinski definition) is 4. The van der Waals surface area contributed by atoms with E-state index >= 15 is 0 Å². The average molecular weight is 356 g/mol. The summed E-state index contributed by atoms with van der Waals surface area (Å²) in [5.41, 5.74) is 9.19. The second-order valence-electron chi connectivity index (χ2n) is 7.17. The van der Waals surface area contributed by atoms with Gasteiger partial charge in [0.05, 0.1) is 17.4 Å². The number of nitrogens with one attached hydrogen (secondary N) is 1. The molecule has 2 heterocycles. The Kier molecular flexibility index (Phi) is 6.06. The lowest BCUT2D eigenvalue weighted by Gasteiger charge is -2.26. The third-order valence-corrected chi connectivity index (χ3v) is 4.92. The number of nitrogens with two attached hydrogens (primary N) is 1. The van der Waals surface area contributed by atoms with Gasteiger partial charge in [0.1, 0.15) is 0 Å². The predicted octanol–water partition coefficient (Wildman–Crippen LogP) is 2.37. The van der Waals surface area contributed by atoms with Crippen LogP contribution in [0.25, 0.3) is 5.69 Å². The maximum Gasteiger partial charge on any atom is 0.237 e. The second-order valence-corrected chi connectivity index (χ2v) is 7.17. The van der Waals surface area contributed by atoms with Crippen LogP contribution in [0.1, 0.15) is 43.9 Å². The zero-order valence-corrected chi connectivity index (χ0v) is 15.5. The van der Waals surface area contributed by atoms with Gasteiger partial charge < -0.3 is 15.8 Å². The van der Waals surface area contributed by atoms with Crippen molar-refractivity contribution < 1.29 is 9.53 Å². The zero-order valence-electron chi connectivity index (χ0n) is 15.5. The number of benzene rings is 1. The molecule has 1 aliphatic rings. The number of nitrogens with zero attached hydrogens (tertiary/aromatic N) is 2. The maximum absolute atomic E-state index is 12.5. The van der Waals surface area contributed by atoms with Gasteiger partial charge in [-0.1, -0.05) is 32.0 Å². The highest BCUT2D eigenvalue weighted by atomic mass is 16.5. The summed E-state index contributed by atoms with van der Waals surface area (Å²) in [6.45, 7) is 6.03. The van der Waals surface area contributed by atoms with Crippen LogP contribution in [0.4, 0.5) is 0 Å². The molecule has 6 heteroatoms. The summed E-state index contributed by atoms with van der Waals surface area (Å²) in [6, 6.07) is 9.50. The Labute approximate surface area is 154 Å². The first-order valence-corrected chi connectivity index (χ1v) is 9.31. The van der Waals surface area contributed by atoms with Crippen LogP contribution in [0.5, 0.6) is 0 Å². The van der Waals surface area contributed by atoms with E-state index in [1.165, 1.54) is 0 Å². The lowest BCUT2D eigenvalue weighted by atomic mass is 9.92. The minimum atomic E-state index is -0.481. The SMILES string of the molecule is CC(C)c1nn(-c2ccccc2)cc1CNC(=O)C(N)C1CCOCC1. The van der Waals surface area contributed by atoms with Crippen molar-refractivity contribution in [1.82, 2.24) is 15.1 Å². The highest BCUT2D eigenvalue weighted by Gasteiger charge is 2.26. The molecular formula is C20H28N4O2. The average Bonchev–Trinajstić information content (AvgIpc) is 3.11. The van der Waals surface area contributed by atoms with Crippen molar-refractivity contribution in [3.63, 3.8) is 0 Å². The molecule has 0 radical (unpaired) electrons. The van der Waals surface area contributed by atoms with Gasteiger partial charge in [-0.25, -0.2) is 4.68 Å². The molecule has 3 N–H and O–H groups in total. The van der Waals surface area contributed by atoms with Crippen molar-refractivity contribution in [3.8, 4) is 5.69 Å². The molecule has 2 aromatic rings. The summed E-state index contributed by atoms with van der Waals surface area (Å²) in [6.07, 6.45) is 3.68. The lowest BCUT2D eigenvalue weighted by Crippen LogP contribution is -2.46. The van der Waals surface area contributed by atoms with E-state index in [1.807, 2.05) is 41.2 Å². The van der Waals surface area contributed by atoms with Gasteiger partial charge in [-0.3, -0.25) is 4.79 Å². The van der Waals surface area contributed by atoms with Crippen LogP contribution in [0.15, 0.2) is 36.5 Å². The Morgan fingerprint density at radius 1 is 1.31 bits per heavy atom. The van der Waals surface area contributed by atoms with E-state index in [4.69, 9.17) is 15.6 Å². The summed E-state index contributed by atoms with van der Waals surface area (Å²) in [7, 11) is 0. The van der Waals surface area contributed by atoms with Crippen molar-refractivity contribution in [1.29, 1.82) is 0 Å². The van der Waals surface area contributed by atoms with E-state index in [0.717, 1.165) is 29.8 Å². The largest absolute Gasteiger partial charge is 0.381 e. The summed E-state index contributed by atoms with van der Waals surface area (Å²) >= 11 is 0. The molecule has 0 bridgehead atoms. The van der Waals surface area contributed by atoms with Crippen LogP contribution in [0.3, 0.4) is 0 Å². The first-order chi connectivity index (χ1) is 12.6. The third-order valence-electron chi connectivity index (χ3n) is 4.92. The predicted molar refractivity (Wildman–Crippen MR) is 101 cm³/mol. The first-order valence-electron chi connectivity index (χ1n) is 9.31. The fraction of sp³-hybridized carbons (Fsp3) is 0.500. The number of ether oxygens (including phenoxy) is 1. The number of carbonyl (C=O) groups is 1. The van der Waals surface area contributed by atoms with Crippen molar-refractivity contribution >= 4 is 5.91 Å². The summed E-state index contributed by atoms with van der Waals surface area (Å²) in [5, 5.41) is 7.71. The molecule has 1 fully saturated rings. The standard InChI is InChI=1S/C20H28N4O2/c1-14(2)19-16(13-24(23-19)17-6-4-3-5-7-17)12-22-20(25)18(21)15-8-10-26-11-9-15/h3-7,13-15,18H,8-12,21H2,1-2H3,(H,22,25). The highest BCUT2D eigenvalue weighted by Crippen LogP contribution is 2.21. The molecule has 1 aromatic heterocycles. The number of aromatic nitrogens is 2. The molecule has 1 aliphatic heterocycles. The molecular weight excluding hydrogens is 328 g/mol. The van der Waals surface area contributed by atoms with Gasteiger partial charge in [-0.2, -0.15) is 5.10 Å². The Morgan fingerprint density at radius 2 is 2.00 bits per heavy atom. The van der Waals surface area contributed by atoms with Crippen molar-refractivity contribution in [3.05, 3.63) is 47.8 Å². The van der Waals surface area contributed by atoms with Gasteiger partial charge in [0.25, 0.3) is 0 Å². The van der Waals surface area contributed by atoms with Crippen LogP contribution in [-0.4, -0.2) is 34.9 Å². The van der Waals surface area contributed by atoms with E-state index in [0.29, 0.717) is 19.8 Å². The molecule has 0 aliphatic carbocycles. The van der Waals surface area contributed by atoms with Crippen LogP contribution in [0.2, 0.25) is 0 Å². The topological polar surface area (TPSA) is 82.2 Å². The quantitative estimate of drug-likeness (QED) is 0.832. The molecule has 1 unspecified atom stereocenters. The van der Waals surface area contributed by atoms with Gasteiger partial charge in [-0.15, -0.1) is 0 Å². The van der Waals surface area contributed by atoms with Crippen LogP contribution in [0, 0.1) is 5.92 Å². The van der Waals surface area contributed by atoms with E-state index < -0.39 is 6.04 Å². The smallest absolute Gasteiger partial charge is 0.237 e. The fourth-order valence-corrected chi connectivity index (χ4v) is 3.35. The van der Waals surface area contributed by atoms with Crippen molar-refractivity contribution in [2.75, 3.05) is 13.2 Å². The molecule has 1 saturated heterocycles. The molecule has 140 valence electrons. The minimum Gasteiger partial charge on any atom is -0.381 e. The van der Waals surface area contributed by atoms with E-state index in [9.17, 15) is 4.79 Å². The van der Waals surface area contributed by atoms with E-state index in [-0.39, 0.29) is 17.7 Å². The number of carbonyl (C=O) groups excluding carboxylic acids is 1. The highest BCUT2D eigenvalue weighted by molar-refractivity contribution is 5.81. The summed E-state index contributed by atoms with van der Waals surface area (Å²) in [4.78, 5) is 12.5. The van der Waals surface area contributed by atoms with Crippen LogP contribution >= 0.6 is 0 Å². The molecule has 1 amide bonds. The Bertz CT molecular complexity index is 721. The summed E-state index contributed by atoms with van der Waals surface area (Å²) < 4.78 is 7.22. The van der Waals surface area contributed by atoms with Crippen LogP contribution in [-0.2, 0) is 16.1 Å². The molecule has 6 nitrogen and oxygen atoms in total. The Balaban J connectivity index is 1.68. The van der Waals surface area contributed by atoms with E-state index in [1.54, 1.807) is 0 Å². The monoisotopic (exact) mass is 356 g/mol. The van der Waals surface area contributed by atoms with Gasteiger partial charge in [-0.05, 0) is 36.8 Å². The number of hydrogen-bond donors (Lipinski definition) is 2. The molecule has 3 rings (SSSR count). The lowest BCUT2D eigenvalue weighted by molar-refractivity contribution is -0.124. The molecule has 0 saturated carbocycles. The van der Waals surface area contributed by atoms with Crippen molar-refractivity contribution in [2.24, 2.45) is 11.7 Å². The Hall–Kier alpha value is -2.18. The number of amides is 1. The fourth-order valence-electron chi connectivity index (χ4n) is 3.35. The van der Waals surface area contributed by atoms with E-state index in [2.05, 4.69) is 19.2 Å². The van der Waals surface area contributed by atoms with Gasteiger partial charge >= 0.3 is 0 Å². The third kappa shape index (κ3) is 4.31. The molecule has 1 aromatic carbocycles. The van der Waals surface area contributed by atoms with Crippen molar-refractivity contribution in [2.45, 2.75) is 45.2 Å². The normalized spacial score (nSPS) is 16.6. The summed E-state index contributed by atoms with van der Waals surface area (Å²) in [5.74, 6) is 0.371. The van der Waals surface area contributed by atoms with Crippen LogP contribution < -0.4 is 11.1 Å².